The minimum Gasteiger partial charge on any atom is -0.385 e. The lowest BCUT2D eigenvalue weighted by Gasteiger charge is -2.07. The summed E-state index contributed by atoms with van der Waals surface area (Å²) in [5, 5.41) is 9.98. The van der Waals surface area contributed by atoms with E-state index in [1.807, 2.05) is 0 Å². The maximum atomic E-state index is 9.98. The van der Waals surface area contributed by atoms with Gasteiger partial charge in [-0.1, -0.05) is 13.3 Å². The molecule has 2 atom stereocenters. The second-order valence-corrected chi connectivity index (χ2v) is 3.36. The maximum Gasteiger partial charge on any atom is 0.115 e. The monoisotopic (exact) mass is 164 g/mol. The van der Waals surface area contributed by atoms with Crippen LogP contribution in [0.2, 0.25) is 0 Å². The maximum absolute atomic E-state index is 9.98. The molecule has 0 amide bonds. The van der Waals surface area contributed by atoms with E-state index in [2.05, 4.69) is 16.9 Å². The summed E-state index contributed by atoms with van der Waals surface area (Å²) in [4.78, 5) is 7.78. The second-order valence-electron chi connectivity index (χ2n) is 3.36. The molecule has 0 aromatic carbocycles. The van der Waals surface area contributed by atoms with E-state index < -0.39 is 5.60 Å². The highest BCUT2D eigenvalue weighted by Gasteiger charge is 2.53. The molecule has 2 rings (SSSR count). The van der Waals surface area contributed by atoms with Gasteiger partial charge in [-0.3, -0.25) is 0 Å². The number of hydrogen-bond acceptors (Lipinski definition) is 3. The van der Waals surface area contributed by atoms with Gasteiger partial charge in [0.05, 0.1) is 5.60 Å². The molecule has 2 unspecified atom stereocenters. The Morgan fingerprint density at radius 2 is 2.25 bits per heavy atom. The quantitative estimate of drug-likeness (QED) is 0.711. The van der Waals surface area contributed by atoms with Gasteiger partial charge in [0.2, 0.25) is 0 Å². The first kappa shape index (κ1) is 7.68. The molecule has 12 heavy (non-hydrogen) atoms. The summed E-state index contributed by atoms with van der Waals surface area (Å²) in [7, 11) is 0. The Bertz CT molecular complexity index is 275. The normalized spacial score (nSPS) is 33.3. The first-order valence-electron chi connectivity index (χ1n) is 4.25. The van der Waals surface area contributed by atoms with Crippen molar-refractivity contribution in [3.05, 3.63) is 24.3 Å². The Morgan fingerprint density at radius 1 is 1.58 bits per heavy atom. The molecule has 1 aromatic rings. The van der Waals surface area contributed by atoms with Crippen molar-refractivity contribution >= 4 is 0 Å². The molecule has 1 aliphatic rings. The fourth-order valence-corrected chi connectivity index (χ4v) is 1.67. The van der Waals surface area contributed by atoms with Gasteiger partial charge in [0, 0.05) is 18.0 Å². The van der Waals surface area contributed by atoms with Crippen LogP contribution in [0.4, 0.5) is 0 Å². The molecule has 0 saturated heterocycles. The highest BCUT2D eigenvalue weighted by molar-refractivity contribution is 5.24. The molecule has 0 bridgehead atoms. The van der Waals surface area contributed by atoms with Crippen molar-refractivity contribution in [2.75, 3.05) is 0 Å². The molecule has 1 fully saturated rings. The molecule has 1 N–H and O–H groups in total. The molecule has 0 spiro atoms. The highest BCUT2D eigenvalue weighted by atomic mass is 16.3. The SMILES string of the molecule is CCC1CC1(O)c1cncnc1. The van der Waals surface area contributed by atoms with Crippen LogP contribution in [-0.2, 0) is 5.60 Å². The summed E-state index contributed by atoms with van der Waals surface area (Å²) in [6.45, 7) is 2.09. The molecule has 1 heterocycles. The van der Waals surface area contributed by atoms with Crippen molar-refractivity contribution < 1.29 is 5.11 Å². The summed E-state index contributed by atoms with van der Waals surface area (Å²) in [5.74, 6) is 0.406. The molecule has 1 aromatic heterocycles. The van der Waals surface area contributed by atoms with Crippen molar-refractivity contribution in [3.63, 3.8) is 0 Å². The van der Waals surface area contributed by atoms with E-state index in [1.165, 1.54) is 6.33 Å². The van der Waals surface area contributed by atoms with E-state index in [-0.39, 0.29) is 0 Å². The predicted molar refractivity (Wildman–Crippen MR) is 44.3 cm³/mol. The molecule has 64 valence electrons. The van der Waals surface area contributed by atoms with Gasteiger partial charge in [0.1, 0.15) is 6.33 Å². The topological polar surface area (TPSA) is 46.0 Å². The molecule has 1 aliphatic carbocycles. The van der Waals surface area contributed by atoms with E-state index in [1.54, 1.807) is 12.4 Å². The standard InChI is InChI=1S/C9H12N2O/c1-2-7-3-9(7,12)8-4-10-6-11-5-8/h4-7,12H,2-3H2,1H3. The molecule has 0 radical (unpaired) electrons. The van der Waals surface area contributed by atoms with Gasteiger partial charge in [-0.25, -0.2) is 9.97 Å². The van der Waals surface area contributed by atoms with Crippen LogP contribution < -0.4 is 0 Å². The van der Waals surface area contributed by atoms with Crippen LogP contribution in [-0.4, -0.2) is 15.1 Å². The third-order valence-corrected chi connectivity index (χ3v) is 2.63. The number of rotatable bonds is 2. The highest BCUT2D eigenvalue weighted by Crippen LogP contribution is 2.53. The average Bonchev–Trinajstić information content (AvgIpc) is 2.81. The zero-order chi connectivity index (χ0) is 8.60. The lowest BCUT2D eigenvalue weighted by Crippen LogP contribution is -2.08. The lowest BCUT2D eigenvalue weighted by atomic mass is 10.1. The molecule has 1 saturated carbocycles. The zero-order valence-corrected chi connectivity index (χ0v) is 7.07. The Morgan fingerprint density at radius 3 is 2.75 bits per heavy atom. The van der Waals surface area contributed by atoms with Crippen molar-refractivity contribution in [2.24, 2.45) is 5.92 Å². The summed E-state index contributed by atoms with van der Waals surface area (Å²) < 4.78 is 0. The van der Waals surface area contributed by atoms with E-state index in [0.717, 1.165) is 18.4 Å². The van der Waals surface area contributed by atoms with Crippen LogP contribution in [0.15, 0.2) is 18.7 Å². The summed E-state index contributed by atoms with van der Waals surface area (Å²) in [6.07, 6.45) is 6.75. The van der Waals surface area contributed by atoms with Crippen LogP contribution in [0.5, 0.6) is 0 Å². The number of aliphatic hydroxyl groups is 1. The Balaban J connectivity index is 2.23. The largest absolute Gasteiger partial charge is 0.385 e. The Hall–Kier alpha value is -0.960. The summed E-state index contributed by atoms with van der Waals surface area (Å²) >= 11 is 0. The van der Waals surface area contributed by atoms with Gasteiger partial charge in [0.25, 0.3) is 0 Å². The minimum absolute atomic E-state index is 0.406. The van der Waals surface area contributed by atoms with Gasteiger partial charge >= 0.3 is 0 Å². The second kappa shape index (κ2) is 2.52. The molecular formula is C9H12N2O. The minimum atomic E-state index is -0.615. The van der Waals surface area contributed by atoms with Gasteiger partial charge in [-0.2, -0.15) is 0 Å². The fraction of sp³-hybridized carbons (Fsp3) is 0.556. The van der Waals surface area contributed by atoms with Gasteiger partial charge in [0.15, 0.2) is 0 Å². The smallest absolute Gasteiger partial charge is 0.115 e. The first-order valence-corrected chi connectivity index (χ1v) is 4.25. The predicted octanol–water partition coefficient (Wildman–Crippen LogP) is 1.09. The van der Waals surface area contributed by atoms with Crippen molar-refractivity contribution in [2.45, 2.75) is 25.4 Å². The van der Waals surface area contributed by atoms with E-state index in [4.69, 9.17) is 0 Å². The van der Waals surface area contributed by atoms with Crippen LogP contribution in [0.25, 0.3) is 0 Å². The lowest BCUT2D eigenvalue weighted by molar-refractivity contribution is 0.129. The summed E-state index contributed by atoms with van der Waals surface area (Å²) in [5.41, 5.74) is 0.243. The fourth-order valence-electron chi connectivity index (χ4n) is 1.67. The third kappa shape index (κ3) is 1.01. The molecular weight excluding hydrogens is 152 g/mol. The molecule has 3 heteroatoms. The summed E-state index contributed by atoms with van der Waals surface area (Å²) in [6, 6.07) is 0. The van der Waals surface area contributed by atoms with E-state index >= 15 is 0 Å². The van der Waals surface area contributed by atoms with Gasteiger partial charge in [-0.05, 0) is 12.3 Å². The molecule has 0 aliphatic heterocycles. The molecule has 3 nitrogen and oxygen atoms in total. The Kier molecular flexibility index (Phi) is 1.61. The zero-order valence-electron chi connectivity index (χ0n) is 7.07. The van der Waals surface area contributed by atoms with Crippen LogP contribution in [0, 0.1) is 5.92 Å². The van der Waals surface area contributed by atoms with Crippen LogP contribution in [0.3, 0.4) is 0 Å². The van der Waals surface area contributed by atoms with Crippen molar-refractivity contribution in [3.8, 4) is 0 Å². The van der Waals surface area contributed by atoms with Crippen molar-refractivity contribution in [1.29, 1.82) is 0 Å². The van der Waals surface area contributed by atoms with Crippen LogP contribution >= 0.6 is 0 Å². The van der Waals surface area contributed by atoms with Crippen molar-refractivity contribution in [1.82, 2.24) is 9.97 Å². The van der Waals surface area contributed by atoms with Gasteiger partial charge in [-0.15, -0.1) is 0 Å². The number of nitrogens with zero attached hydrogens (tertiary/aromatic N) is 2. The number of aromatic nitrogens is 2. The van der Waals surface area contributed by atoms with E-state index in [0.29, 0.717) is 5.92 Å². The first-order chi connectivity index (χ1) is 5.77. The van der Waals surface area contributed by atoms with E-state index in [9.17, 15) is 5.11 Å². The Labute approximate surface area is 71.5 Å². The average molecular weight is 164 g/mol. The third-order valence-electron chi connectivity index (χ3n) is 2.63. The number of hydrogen-bond donors (Lipinski definition) is 1. The van der Waals surface area contributed by atoms with Crippen LogP contribution in [0.1, 0.15) is 25.3 Å². The van der Waals surface area contributed by atoms with Gasteiger partial charge < -0.3 is 5.11 Å².